The number of para-hydroxylation sites is 2. The highest BCUT2D eigenvalue weighted by molar-refractivity contribution is 6.14. The van der Waals surface area contributed by atoms with E-state index in [1.165, 1.54) is 143 Å². The van der Waals surface area contributed by atoms with Gasteiger partial charge in [-0.05, 0) is 114 Å². The van der Waals surface area contributed by atoms with E-state index in [2.05, 4.69) is 264 Å². The highest BCUT2D eigenvalue weighted by Crippen LogP contribution is 2.65. The number of fused-ring (bicyclic) bond motifs is 18. The van der Waals surface area contributed by atoms with Crippen molar-refractivity contribution in [2.45, 2.75) is 5.41 Å². The zero-order valence-corrected chi connectivity index (χ0v) is 38.6. The maximum atomic E-state index is 2.55. The maximum Gasteiger partial charge on any atom is 0.0727 e. The Labute approximate surface area is 410 Å². The first-order chi connectivity index (χ1) is 35.3. The number of hydrogen-bond donors (Lipinski definition) is 0. The van der Waals surface area contributed by atoms with Gasteiger partial charge in [-0.1, -0.05) is 218 Å². The summed E-state index contributed by atoms with van der Waals surface area (Å²) in [5.74, 6) is 0. The molecule has 0 N–H and O–H groups in total. The van der Waals surface area contributed by atoms with Crippen LogP contribution < -0.4 is 0 Å². The molecule has 0 radical (unpaired) electrons. The Bertz CT molecular complexity index is 4290. The third-order valence-electron chi connectivity index (χ3n) is 16.1. The van der Waals surface area contributed by atoms with Crippen LogP contribution in [-0.4, -0.2) is 9.13 Å². The smallest absolute Gasteiger partial charge is 0.0727 e. The van der Waals surface area contributed by atoms with E-state index < -0.39 is 5.41 Å². The van der Waals surface area contributed by atoms with Crippen molar-refractivity contribution in [3.05, 3.63) is 277 Å². The molecule has 0 atom stereocenters. The van der Waals surface area contributed by atoms with Crippen LogP contribution in [0.1, 0.15) is 22.3 Å². The van der Waals surface area contributed by atoms with E-state index in [1.54, 1.807) is 0 Å². The van der Waals surface area contributed by atoms with Gasteiger partial charge in [-0.2, -0.15) is 0 Å². The van der Waals surface area contributed by atoms with Crippen LogP contribution in [0.25, 0.3) is 121 Å². The molecular formula is C69H42N2. The monoisotopic (exact) mass is 898 g/mol. The summed E-state index contributed by atoms with van der Waals surface area (Å²) in [6.07, 6.45) is 0. The van der Waals surface area contributed by atoms with E-state index in [9.17, 15) is 0 Å². The van der Waals surface area contributed by atoms with E-state index in [-0.39, 0.29) is 0 Å². The first-order valence-electron chi connectivity index (χ1n) is 24.8. The Morgan fingerprint density at radius 1 is 0.239 bits per heavy atom. The molecule has 2 nitrogen and oxygen atoms in total. The molecule has 16 rings (SSSR count). The van der Waals surface area contributed by atoms with Crippen molar-refractivity contribution in [2.75, 3.05) is 0 Å². The zero-order chi connectivity index (χ0) is 46.4. The Morgan fingerprint density at radius 3 is 1.08 bits per heavy atom. The van der Waals surface area contributed by atoms with E-state index in [1.807, 2.05) is 0 Å². The van der Waals surface area contributed by atoms with Crippen LogP contribution in [0.2, 0.25) is 0 Å². The summed E-state index contributed by atoms with van der Waals surface area (Å²) in [4.78, 5) is 0. The van der Waals surface area contributed by atoms with Gasteiger partial charge in [-0.3, -0.25) is 0 Å². The van der Waals surface area contributed by atoms with E-state index >= 15 is 0 Å². The second-order valence-corrected chi connectivity index (χ2v) is 19.5. The summed E-state index contributed by atoms with van der Waals surface area (Å²) in [5, 5.41) is 10.0. The molecule has 0 aliphatic heterocycles. The van der Waals surface area contributed by atoms with Gasteiger partial charge in [0.2, 0.25) is 0 Å². The van der Waals surface area contributed by atoms with Gasteiger partial charge < -0.3 is 9.13 Å². The van der Waals surface area contributed by atoms with Crippen LogP contribution in [0, 0.1) is 0 Å². The highest BCUT2D eigenvalue weighted by atomic mass is 15.0. The van der Waals surface area contributed by atoms with Crippen molar-refractivity contribution in [1.29, 1.82) is 0 Å². The number of benzene rings is 12. The van der Waals surface area contributed by atoms with Crippen LogP contribution in [-0.2, 0) is 5.41 Å². The Kier molecular flexibility index (Phi) is 7.85. The Hall–Kier alpha value is -9.24. The largest absolute Gasteiger partial charge is 0.309 e. The molecule has 1 spiro atoms. The lowest BCUT2D eigenvalue weighted by molar-refractivity contribution is 0.793. The molecule has 12 aromatic carbocycles. The van der Waals surface area contributed by atoms with E-state index in [0.717, 1.165) is 0 Å². The van der Waals surface area contributed by atoms with Gasteiger partial charge >= 0.3 is 0 Å². The summed E-state index contributed by atoms with van der Waals surface area (Å²) in [5.41, 5.74) is 21.9. The summed E-state index contributed by atoms with van der Waals surface area (Å²) >= 11 is 0. The molecule has 14 aromatic rings. The van der Waals surface area contributed by atoms with Gasteiger partial charge in [-0.25, -0.2) is 0 Å². The lowest BCUT2D eigenvalue weighted by atomic mass is 9.70. The topological polar surface area (TPSA) is 9.86 Å². The molecule has 0 fully saturated rings. The van der Waals surface area contributed by atoms with Crippen molar-refractivity contribution in [1.82, 2.24) is 9.13 Å². The van der Waals surface area contributed by atoms with Crippen LogP contribution in [0.15, 0.2) is 255 Å². The highest BCUT2D eigenvalue weighted by Gasteiger charge is 2.53. The van der Waals surface area contributed by atoms with Crippen LogP contribution >= 0.6 is 0 Å². The van der Waals surface area contributed by atoms with Crippen molar-refractivity contribution < 1.29 is 0 Å². The second kappa shape index (κ2) is 14.4. The molecule has 0 unspecified atom stereocenters. The van der Waals surface area contributed by atoms with Gasteiger partial charge in [0.1, 0.15) is 0 Å². The number of rotatable bonds is 4. The Morgan fingerprint density at radius 2 is 0.592 bits per heavy atom. The summed E-state index contributed by atoms with van der Waals surface area (Å²) < 4.78 is 5.11. The number of hydrogen-bond acceptors (Lipinski definition) is 0. The molecule has 0 saturated carbocycles. The van der Waals surface area contributed by atoms with E-state index in [0.29, 0.717) is 0 Å². The molecular weight excluding hydrogens is 857 g/mol. The van der Waals surface area contributed by atoms with Crippen LogP contribution in [0.3, 0.4) is 0 Å². The summed E-state index contributed by atoms with van der Waals surface area (Å²) in [7, 11) is 0. The fourth-order valence-electron chi connectivity index (χ4n) is 13.3. The minimum absolute atomic E-state index is 0.566. The molecule has 0 bridgehead atoms. The lowest BCUT2D eigenvalue weighted by Gasteiger charge is -2.30. The average molecular weight is 899 g/mol. The Balaban J connectivity index is 0.971. The summed E-state index contributed by atoms with van der Waals surface area (Å²) in [6.45, 7) is 0. The van der Waals surface area contributed by atoms with Crippen molar-refractivity contribution >= 4 is 65.2 Å². The van der Waals surface area contributed by atoms with Gasteiger partial charge in [0, 0.05) is 32.7 Å². The molecule has 2 heterocycles. The van der Waals surface area contributed by atoms with Crippen molar-refractivity contribution in [2.24, 2.45) is 0 Å². The normalized spacial score (nSPS) is 13.2. The van der Waals surface area contributed by atoms with Crippen LogP contribution in [0.4, 0.5) is 0 Å². The minimum Gasteiger partial charge on any atom is -0.309 e. The number of nitrogens with zero attached hydrogens (tertiary/aromatic N) is 2. The maximum absolute atomic E-state index is 2.55. The van der Waals surface area contributed by atoms with E-state index in [4.69, 9.17) is 0 Å². The predicted octanol–water partition coefficient (Wildman–Crippen LogP) is 17.9. The van der Waals surface area contributed by atoms with Gasteiger partial charge in [-0.15, -0.1) is 0 Å². The van der Waals surface area contributed by atoms with Gasteiger partial charge in [0.25, 0.3) is 0 Å². The first-order valence-corrected chi connectivity index (χ1v) is 24.8. The third kappa shape index (κ3) is 5.10. The third-order valence-corrected chi connectivity index (χ3v) is 16.1. The molecule has 71 heavy (non-hydrogen) atoms. The standard InChI is InChI=1S/C69H42N2/c1-3-21-47-43(17-1)19-13-27-49(47)45-37-39-53-51-23-7-11-33-61(51)70(65(53)41-45)63-35-15-31-59-67(63)55-25-5-9-29-57(55)69(59)58-30-10-6-26-56(58)68-60(69)32-16-36-64(68)71-62-34-12-8-24-52(62)54-40-38-46(42-66(54)71)50-28-14-20-44-18-2-4-22-48(44)50/h1-42H. The fourth-order valence-corrected chi connectivity index (χ4v) is 13.3. The molecule has 2 aliphatic rings. The molecule has 0 saturated heterocycles. The van der Waals surface area contributed by atoms with Crippen LogP contribution in [0.5, 0.6) is 0 Å². The molecule has 0 amide bonds. The van der Waals surface area contributed by atoms with Gasteiger partial charge in [0.15, 0.2) is 0 Å². The minimum atomic E-state index is -0.566. The SMILES string of the molecule is c1ccc2c(c1)-c1c(-n3c4ccccc4c4ccc(-c5cccc6ccccc56)cc43)cccc1C21c2ccccc2-c2c(-n3c4ccccc4c4ccc(-c5cccc6ccccc56)cc43)cccc21. The van der Waals surface area contributed by atoms with Crippen molar-refractivity contribution in [3.63, 3.8) is 0 Å². The fraction of sp³-hybridized carbons (Fsp3) is 0.0145. The second-order valence-electron chi connectivity index (χ2n) is 19.5. The lowest BCUT2D eigenvalue weighted by Crippen LogP contribution is -2.26. The summed E-state index contributed by atoms with van der Waals surface area (Å²) in [6, 6.07) is 95.5. The first kappa shape index (κ1) is 38.7. The van der Waals surface area contributed by atoms with Gasteiger partial charge in [0.05, 0.1) is 38.9 Å². The predicted molar refractivity (Wildman–Crippen MR) is 297 cm³/mol. The van der Waals surface area contributed by atoms with Crippen molar-refractivity contribution in [3.8, 4) is 55.9 Å². The molecule has 2 heteroatoms. The number of aromatic nitrogens is 2. The quantitative estimate of drug-likeness (QED) is 0.167. The molecule has 328 valence electrons. The molecule has 2 aliphatic carbocycles. The zero-order valence-electron chi connectivity index (χ0n) is 38.6. The average Bonchev–Trinajstić information content (AvgIpc) is 4.14. The molecule has 2 aromatic heterocycles.